The molecule has 0 N–H and O–H groups in total. The van der Waals surface area contributed by atoms with Gasteiger partial charge in [0, 0.05) is 5.56 Å². The average molecular weight is 553 g/mol. The minimum Gasteiger partial charge on any atom is -0.493 e. The van der Waals surface area contributed by atoms with Gasteiger partial charge < -0.3 is 9.47 Å². The van der Waals surface area contributed by atoms with E-state index in [0.717, 1.165) is 16.7 Å². The summed E-state index contributed by atoms with van der Waals surface area (Å²) in [5.74, 6) is -0.0479. The molecule has 35 heavy (non-hydrogen) atoms. The highest BCUT2D eigenvalue weighted by Gasteiger charge is 2.35. The summed E-state index contributed by atoms with van der Waals surface area (Å²) in [7, 11) is 1.47. The Bertz CT molecular complexity index is 1390. The number of hydrogen-bond acceptors (Lipinski definition) is 6. The lowest BCUT2D eigenvalue weighted by Crippen LogP contribution is -2.27. The van der Waals surface area contributed by atoms with E-state index in [1.165, 1.54) is 13.2 Å². The molecule has 0 atom stereocenters. The number of carbonyl (C=O) groups is 2. The van der Waals surface area contributed by atoms with E-state index in [1.807, 2.05) is 0 Å². The molecule has 176 valence electrons. The summed E-state index contributed by atoms with van der Waals surface area (Å²) in [5, 5.41) is 8.87. The van der Waals surface area contributed by atoms with Crippen molar-refractivity contribution in [2.75, 3.05) is 7.11 Å². The van der Waals surface area contributed by atoms with E-state index in [2.05, 4.69) is 22.0 Å². The monoisotopic (exact) mass is 552 g/mol. The van der Waals surface area contributed by atoms with Crippen LogP contribution in [0.1, 0.15) is 22.3 Å². The van der Waals surface area contributed by atoms with Crippen LogP contribution in [0.2, 0.25) is 0 Å². The van der Waals surface area contributed by atoms with Gasteiger partial charge in [0.1, 0.15) is 12.4 Å². The molecule has 3 aromatic carbocycles. The van der Waals surface area contributed by atoms with E-state index in [4.69, 9.17) is 9.47 Å². The third-order valence-corrected chi connectivity index (χ3v) is 6.72. The lowest BCUT2D eigenvalue weighted by Gasteiger charge is -2.14. The molecule has 2 amide bonds. The summed E-state index contributed by atoms with van der Waals surface area (Å²) in [6.07, 6.45) is 1.59. The molecule has 1 fully saturated rings. The average Bonchev–Trinajstić information content (AvgIpc) is 3.11. The van der Waals surface area contributed by atoms with Crippen LogP contribution in [0, 0.1) is 17.1 Å². The molecule has 0 saturated carbocycles. The van der Waals surface area contributed by atoms with Crippen molar-refractivity contribution >= 4 is 44.9 Å². The Morgan fingerprint density at radius 2 is 1.83 bits per heavy atom. The fraction of sp³-hybridized carbons (Fsp3) is 0.115. The molecule has 6 nitrogen and oxygen atoms in total. The van der Waals surface area contributed by atoms with Crippen LogP contribution in [-0.4, -0.2) is 23.2 Å². The maximum atomic E-state index is 13.9. The third-order valence-electron chi connectivity index (χ3n) is 5.22. The van der Waals surface area contributed by atoms with Gasteiger partial charge in [0.15, 0.2) is 11.5 Å². The summed E-state index contributed by atoms with van der Waals surface area (Å²) in [6, 6.07) is 18.6. The number of nitrogens with zero attached hydrogens (tertiary/aromatic N) is 2. The molecular formula is C26H18BrFN2O4S. The molecule has 9 heteroatoms. The molecule has 1 heterocycles. The second-order valence-electron chi connectivity index (χ2n) is 7.45. The first-order valence-corrected chi connectivity index (χ1v) is 12.0. The standard InChI is InChI=1S/C26H18BrFN2O4S/c1-33-22-11-16(10-20(27)24(22)34-15-19-8-4-5-9-21(19)28)12-23-25(31)30(26(32)35-23)14-18-7-3-2-6-17(18)13-29/h2-12H,14-15H2,1H3/b23-12+. The quantitative estimate of drug-likeness (QED) is 0.321. The van der Waals surface area contributed by atoms with Crippen LogP contribution in [0.15, 0.2) is 70.0 Å². The van der Waals surface area contributed by atoms with Crippen LogP contribution in [-0.2, 0) is 17.9 Å². The summed E-state index contributed by atoms with van der Waals surface area (Å²) in [6.45, 7) is 0.0195. The first-order valence-electron chi connectivity index (χ1n) is 10.4. The Labute approximate surface area is 214 Å². The molecule has 1 aliphatic heterocycles. The zero-order chi connectivity index (χ0) is 24.9. The van der Waals surface area contributed by atoms with E-state index in [9.17, 15) is 19.2 Å². The van der Waals surface area contributed by atoms with Crippen molar-refractivity contribution in [2.24, 2.45) is 0 Å². The number of amides is 2. The molecule has 0 radical (unpaired) electrons. The summed E-state index contributed by atoms with van der Waals surface area (Å²) >= 11 is 4.28. The molecule has 4 rings (SSSR count). The van der Waals surface area contributed by atoms with Crippen LogP contribution in [0.5, 0.6) is 11.5 Å². The van der Waals surface area contributed by atoms with Gasteiger partial charge in [-0.25, -0.2) is 4.39 Å². The zero-order valence-electron chi connectivity index (χ0n) is 18.5. The Morgan fingerprint density at radius 1 is 1.11 bits per heavy atom. The van der Waals surface area contributed by atoms with Gasteiger partial charge in [-0.2, -0.15) is 5.26 Å². The normalized spacial score (nSPS) is 14.3. The highest BCUT2D eigenvalue weighted by atomic mass is 79.9. The van der Waals surface area contributed by atoms with E-state index in [1.54, 1.807) is 60.7 Å². The molecule has 0 spiro atoms. The lowest BCUT2D eigenvalue weighted by atomic mass is 10.1. The summed E-state index contributed by atoms with van der Waals surface area (Å²) in [4.78, 5) is 26.9. The van der Waals surface area contributed by atoms with Crippen molar-refractivity contribution in [1.29, 1.82) is 5.26 Å². The molecular weight excluding hydrogens is 535 g/mol. The van der Waals surface area contributed by atoms with Gasteiger partial charge >= 0.3 is 0 Å². The molecule has 0 unspecified atom stereocenters. The molecule has 3 aromatic rings. The summed E-state index contributed by atoms with van der Waals surface area (Å²) in [5.41, 5.74) is 2.02. The van der Waals surface area contributed by atoms with E-state index < -0.39 is 11.1 Å². The van der Waals surface area contributed by atoms with Gasteiger partial charge in [-0.15, -0.1) is 0 Å². The van der Waals surface area contributed by atoms with Gasteiger partial charge in [0.05, 0.1) is 34.7 Å². The van der Waals surface area contributed by atoms with Crippen molar-refractivity contribution in [3.8, 4) is 17.6 Å². The fourth-order valence-corrected chi connectivity index (χ4v) is 4.87. The number of hydrogen-bond donors (Lipinski definition) is 0. The van der Waals surface area contributed by atoms with Gasteiger partial charge in [-0.05, 0) is 69.2 Å². The van der Waals surface area contributed by atoms with E-state index in [-0.39, 0.29) is 23.9 Å². The number of carbonyl (C=O) groups excluding carboxylic acids is 2. The van der Waals surface area contributed by atoms with Crippen LogP contribution < -0.4 is 9.47 Å². The third kappa shape index (κ3) is 5.39. The predicted molar refractivity (Wildman–Crippen MR) is 134 cm³/mol. The second kappa shape index (κ2) is 10.8. The first-order chi connectivity index (χ1) is 16.9. The molecule has 1 aliphatic rings. The SMILES string of the molecule is COc1cc(/C=C2/SC(=O)N(Cc3ccccc3C#N)C2=O)cc(Br)c1OCc1ccccc1F. The van der Waals surface area contributed by atoms with Gasteiger partial charge in [-0.3, -0.25) is 14.5 Å². The highest BCUT2D eigenvalue weighted by Crippen LogP contribution is 2.40. The van der Waals surface area contributed by atoms with Crippen LogP contribution in [0.3, 0.4) is 0 Å². The number of imide groups is 1. The van der Waals surface area contributed by atoms with Crippen LogP contribution in [0.4, 0.5) is 9.18 Å². The van der Waals surface area contributed by atoms with Crippen molar-refractivity contribution < 1.29 is 23.5 Å². The Morgan fingerprint density at radius 3 is 2.54 bits per heavy atom. The zero-order valence-corrected chi connectivity index (χ0v) is 20.9. The highest BCUT2D eigenvalue weighted by molar-refractivity contribution is 9.10. The minimum absolute atomic E-state index is 0.00401. The van der Waals surface area contributed by atoms with Crippen molar-refractivity contribution in [3.05, 3.63) is 98.1 Å². The Balaban J connectivity index is 1.55. The largest absolute Gasteiger partial charge is 0.493 e. The van der Waals surface area contributed by atoms with Crippen LogP contribution >= 0.6 is 27.7 Å². The number of rotatable bonds is 7. The number of nitriles is 1. The van der Waals surface area contributed by atoms with Gasteiger partial charge in [0.25, 0.3) is 11.1 Å². The van der Waals surface area contributed by atoms with Crippen molar-refractivity contribution in [3.63, 3.8) is 0 Å². The van der Waals surface area contributed by atoms with Crippen LogP contribution in [0.25, 0.3) is 6.08 Å². The van der Waals surface area contributed by atoms with Gasteiger partial charge in [0.2, 0.25) is 0 Å². The number of benzene rings is 3. The summed E-state index contributed by atoms with van der Waals surface area (Å²) < 4.78 is 25.7. The number of methoxy groups -OCH3 is 1. The molecule has 1 saturated heterocycles. The van der Waals surface area contributed by atoms with Crippen molar-refractivity contribution in [1.82, 2.24) is 4.90 Å². The molecule has 0 bridgehead atoms. The molecule has 0 aromatic heterocycles. The molecule has 0 aliphatic carbocycles. The van der Waals surface area contributed by atoms with Crippen molar-refractivity contribution in [2.45, 2.75) is 13.2 Å². The Kier molecular flexibility index (Phi) is 7.54. The Hall–Kier alpha value is -3.61. The maximum absolute atomic E-state index is 13.9. The fourth-order valence-electron chi connectivity index (χ4n) is 3.45. The predicted octanol–water partition coefficient (Wildman–Crippen LogP) is 6.28. The number of thioether (sulfide) groups is 1. The number of halogens is 2. The van der Waals surface area contributed by atoms with Gasteiger partial charge in [-0.1, -0.05) is 36.4 Å². The topological polar surface area (TPSA) is 79.6 Å². The number of ether oxygens (including phenoxy) is 2. The smallest absolute Gasteiger partial charge is 0.293 e. The lowest BCUT2D eigenvalue weighted by molar-refractivity contribution is -0.123. The maximum Gasteiger partial charge on any atom is 0.293 e. The minimum atomic E-state index is -0.442. The second-order valence-corrected chi connectivity index (χ2v) is 9.30. The van der Waals surface area contributed by atoms with E-state index in [0.29, 0.717) is 38.2 Å². The first kappa shape index (κ1) is 24.5. The van der Waals surface area contributed by atoms with E-state index >= 15 is 0 Å².